The lowest BCUT2D eigenvalue weighted by molar-refractivity contribution is -0.117. The van der Waals surface area contributed by atoms with Gasteiger partial charge in [-0.1, -0.05) is 24.4 Å². The molecular weight excluding hydrogens is 324 g/mol. The van der Waals surface area contributed by atoms with Crippen molar-refractivity contribution in [2.75, 3.05) is 5.32 Å². The quantitative estimate of drug-likeness (QED) is 0.897. The summed E-state index contributed by atoms with van der Waals surface area (Å²) in [6.45, 7) is 0. The summed E-state index contributed by atoms with van der Waals surface area (Å²) in [5, 5.41) is 11.2. The fourth-order valence-corrected chi connectivity index (χ4v) is 4.20. The van der Waals surface area contributed by atoms with Gasteiger partial charge in [0.05, 0.1) is 16.8 Å². The van der Waals surface area contributed by atoms with Gasteiger partial charge in [0.15, 0.2) is 0 Å². The Labute approximate surface area is 146 Å². The fraction of sp³-hybridized carbons (Fsp3) is 0.444. The maximum absolute atomic E-state index is 12.5. The van der Waals surface area contributed by atoms with Crippen LogP contribution in [0.5, 0.6) is 0 Å². The zero-order chi connectivity index (χ0) is 16.5. The number of amides is 1. The first-order chi connectivity index (χ1) is 11.7. The average molecular weight is 345 g/mol. The van der Waals surface area contributed by atoms with Crippen molar-refractivity contribution in [1.29, 1.82) is 0 Å². The molecule has 6 heteroatoms. The number of carbonyl (C=O) groups excluding carboxylic acids is 1. The van der Waals surface area contributed by atoms with Crippen molar-refractivity contribution in [2.45, 2.75) is 44.2 Å². The number of nitrogens with zero attached hydrogens (tertiary/aromatic N) is 2. The summed E-state index contributed by atoms with van der Waals surface area (Å²) in [6.07, 6.45) is 9.48. The highest BCUT2D eigenvalue weighted by atomic mass is 35.5. The Morgan fingerprint density at radius 1 is 1.33 bits per heavy atom. The molecule has 0 spiro atoms. The van der Waals surface area contributed by atoms with Crippen molar-refractivity contribution in [3.8, 4) is 5.69 Å². The monoisotopic (exact) mass is 344 g/mol. The van der Waals surface area contributed by atoms with Crippen LogP contribution in [0.3, 0.4) is 0 Å². The van der Waals surface area contributed by atoms with E-state index in [0.29, 0.717) is 17.0 Å². The zero-order valence-electron chi connectivity index (χ0n) is 13.4. The topological polar surface area (TPSA) is 59.0 Å². The normalized spacial score (nSPS) is 26.1. The van der Waals surface area contributed by atoms with Crippen LogP contribution in [0.2, 0.25) is 5.02 Å². The van der Waals surface area contributed by atoms with E-state index in [4.69, 9.17) is 11.6 Å². The number of benzene rings is 1. The van der Waals surface area contributed by atoms with Crippen LogP contribution in [0.4, 0.5) is 5.69 Å². The Balaban J connectivity index is 1.44. The minimum Gasteiger partial charge on any atom is -0.325 e. The lowest BCUT2D eigenvalue weighted by Gasteiger charge is -2.24. The smallest absolute Gasteiger partial charge is 0.241 e. The summed E-state index contributed by atoms with van der Waals surface area (Å²) in [4.78, 5) is 12.5. The molecule has 0 bridgehead atoms. The van der Waals surface area contributed by atoms with Crippen LogP contribution in [0.1, 0.15) is 32.1 Å². The van der Waals surface area contributed by atoms with Crippen molar-refractivity contribution in [2.24, 2.45) is 5.92 Å². The second kappa shape index (κ2) is 6.57. The number of rotatable bonds is 3. The van der Waals surface area contributed by atoms with Gasteiger partial charge in [0.2, 0.25) is 5.91 Å². The summed E-state index contributed by atoms with van der Waals surface area (Å²) < 4.78 is 1.71. The third-order valence-electron chi connectivity index (χ3n) is 5.15. The van der Waals surface area contributed by atoms with E-state index in [1.165, 1.54) is 25.7 Å². The molecule has 1 saturated carbocycles. The average Bonchev–Trinajstić information content (AvgIpc) is 3.24. The zero-order valence-corrected chi connectivity index (χ0v) is 14.2. The van der Waals surface area contributed by atoms with E-state index in [0.717, 1.165) is 17.8 Å². The van der Waals surface area contributed by atoms with Crippen LogP contribution in [-0.2, 0) is 4.79 Å². The van der Waals surface area contributed by atoms with E-state index >= 15 is 0 Å². The van der Waals surface area contributed by atoms with Gasteiger partial charge in [-0.2, -0.15) is 5.10 Å². The van der Waals surface area contributed by atoms with Crippen LogP contribution < -0.4 is 10.6 Å². The summed E-state index contributed by atoms with van der Waals surface area (Å²) in [5.74, 6) is 0.688. The summed E-state index contributed by atoms with van der Waals surface area (Å²) >= 11 is 6.34. The third kappa shape index (κ3) is 3.06. The van der Waals surface area contributed by atoms with E-state index in [1.807, 2.05) is 24.4 Å². The highest BCUT2D eigenvalue weighted by molar-refractivity contribution is 6.32. The van der Waals surface area contributed by atoms with Gasteiger partial charge in [-0.15, -0.1) is 0 Å². The van der Waals surface area contributed by atoms with Gasteiger partial charge in [-0.25, -0.2) is 4.68 Å². The van der Waals surface area contributed by atoms with Crippen molar-refractivity contribution < 1.29 is 4.79 Å². The van der Waals surface area contributed by atoms with Crippen LogP contribution in [-0.4, -0.2) is 27.8 Å². The Hall–Kier alpha value is -1.85. The highest BCUT2D eigenvalue weighted by Crippen LogP contribution is 2.33. The molecule has 1 aromatic carbocycles. The number of hydrogen-bond acceptors (Lipinski definition) is 3. The predicted molar refractivity (Wildman–Crippen MR) is 94.5 cm³/mol. The fourth-order valence-electron chi connectivity index (χ4n) is 3.93. The van der Waals surface area contributed by atoms with Gasteiger partial charge >= 0.3 is 0 Å². The van der Waals surface area contributed by atoms with Crippen LogP contribution in [0, 0.1) is 5.92 Å². The SMILES string of the molecule is O=C(Nc1ccc(-n2cccn2)c(Cl)c1)C1CC2CCCCC2N1. The van der Waals surface area contributed by atoms with Gasteiger partial charge < -0.3 is 10.6 Å². The number of nitrogens with one attached hydrogen (secondary N) is 2. The van der Waals surface area contributed by atoms with Crippen LogP contribution >= 0.6 is 11.6 Å². The summed E-state index contributed by atoms with van der Waals surface area (Å²) in [5.41, 5.74) is 1.52. The second-order valence-electron chi connectivity index (χ2n) is 6.71. The van der Waals surface area contributed by atoms with Crippen LogP contribution in [0.15, 0.2) is 36.7 Å². The van der Waals surface area contributed by atoms with Gasteiger partial charge in [-0.3, -0.25) is 4.79 Å². The lowest BCUT2D eigenvalue weighted by Crippen LogP contribution is -2.39. The Kier molecular flexibility index (Phi) is 4.29. The first-order valence-electron chi connectivity index (χ1n) is 8.57. The van der Waals surface area contributed by atoms with E-state index in [9.17, 15) is 4.79 Å². The predicted octanol–water partition coefficient (Wildman–Crippen LogP) is 3.38. The molecule has 3 unspecified atom stereocenters. The largest absolute Gasteiger partial charge is 0.325 e. The Morgan fingerprint density at radius 2 is 2.21 bits per heavy atom. The molecule has 2 aliphatic rings. The summed E-state index contributed by atoms with van der Waals surface area (Å²) in [7, 11) is 0. The lowest BCUT2D eigenvalue weighted by atomic mass is 9.85. The molecular formula is C18H21ClN4O. The molecule has 126 valence electrons. The van der Waals surface area contributed by atoms with E-state index in [1.54, 1.807) is 16.9 Å². The van der Waals surface area contributed by atoms with Crippen molar-refractivity contribution in [3.63, 3.8) is 0 Å². The van der Waals surface area contributed by atoms with E-state index < -0.39 is 0 Å². The Bertz CT molecular complexity index is 717. The number of fused-ring (bicyclic) bond motifs is 1. The van der Waals surface area contributed by atoms with Crippen molar-refractivity contribution in [3.05, 3.63) is 41.7 Å². The highest BCUT2D eigenvalue weighted by Gasteiger charge is 2.38. The molecule has 2 heterocycles. The standard InChI is InChI=1S/C18H21ClN4O/c19-14-11-13(6-7-17(14)23-9-3-8-20-23)21-18(24)16-10-12-4-1-2-5-15(12)22-16/h3,6-9,11-12,15-16,22H,1-2,4-5,10H2,(H,21,24). The molecule has 24 heavy (non-hydrogen) atoms. The minimum absolute atomic E-state index is 0.0345. The molecule has 1 amide bonds. The number of hydrogen-bond donors (Lipinski definition) is 2. The minimum atomic E-state index is -0.0948. The number of carbonyl (C=O) groups is 1. The maximum atomic E-state index is 12.5. The molecule has 4 rings (SSSR count). The molecule has 2 aromatic rings. The molecule has 5 nitrogen and oxygen atoms in total. The Morgan fingerprint density at radius 3 is 2.96 bits per heavy atom. The summed E-state index contributed by atoms with van der Waals surface area (Å²) in [6, 6.07) is 7.77. The van der Waals surface area contributed by atoms with E-state index in [2.05, 4.69) is 15.7 Å². The first kappa shape index (κ1) is 15.7. The van der Waals surface area contributed by atoms with Gasteiger partial charge in [0.25, 0.3) is 0 Å². The van der Waals surface area contributed by atoms with E-state index in [-0.39, 0.29) is 11.9 Å². The van der Waals surface area contributed by atoms with Gasteiger partial charge in [-0.05, 0) is 49.4 Å². The van der Waals surface area contributed by atoms with Crippen molar-refractivity contribution >= 4 is 23.2 Å². The molecule has 0 radical (unpaired) electrons. The number of aromatic nitrogens is 2. The first-order valence-corrected chi connectivity index (χ1v) is 8.95. The molecule has 2 fully saturated rings. The number of halogens is 1. The molecule has 1 saturated heterocycles. The van der Waals surface area contributed by atoms with Crippen molar-refractivity contribution in [1.82, 2.24) is 15.1 Å². The molecule has 2 N–H and O–H groups in total. The second-order valence-corrected chi connectivity index (χ2v) is 7.12. The molecule has 1 aliphatic heterocycles. The molecule has 1 aliphatic carbocycles. The maximum Gasteiger partial charge on any atom is 0.241 e. The van der Waals surface area contributed by atoms with Gasteiger partial charge in [0.1, 0.15) is 0 Å². The molecule has 3 atom stereocenters. The van der Waals surface area contributed by atoms with Gasteiger partial charge in [0, 0.05) is 24.1 Å². The molecule has 1 aromatic heterocycles. The third-order valence-corrected chi connectivity index (χ3v) is 5.45. The number of anilines is 1. The van der Waals surface area contributed by atoms with Crippen LogP contribution in [0.25, 0.3) is 5.69 Å².